The number of hydrogen-bond acceptors (Lipinski definition) is 4. The first-order chi connectivity index (χ1) is 19.9. The molecule has 1 aliphatic carbocycles. The van der Waals surface area contributed by atoms with Crippen LogP contribution in [0.15, 0.2) is 79.3 Å². The van der Waals surface area contributed by atoms with Gasteiger partial charge in [0.1, 0.15) is 12.4 Å². The van der Waals surface area contributed by atoms with Gasteiger partial charge in [0.15, 0.2) is 0 Å². The number of rotatable bonds is 11. The molecule has 0 aliphatic heterocycles. The van der Waals surface area contributed by atoms with Crippen molar-refractivity contribution in [1.29, 1.82) is 0 Å². The van der Waals surface area contributed by atoms with E-state index in [1.165, 1.54) is 0 Å². The molecule has 0 saturated heterocycles. The number of hydrogen-bond donors (Lipinski definition) is 0. The largest absolute Gasteiger partial charge is 0.489 e. The lowest BCUT2D eigenvalue weighted by atomic mass is 9.81. The zero-order valence-corrected chi connectivity index (χ0v) is 24.8. The van der Waals surface area contributed by atoms with Gasteiger partial charge in [-0.15, -0.1) is 0 Å². The summed E-state index contributed by atoms with van der Waals surface area (Å²) in [6, 6.07) is 20.4. The summed E-state index contributed by atoms with van der Waals surface area (Å²) in [7, 11) is 0. The number of anilines is 1. The molecule has 0 saturated carbocycles. The van der Waals surface area contributed by atoms with Crippen LogP contribution in [0.4, 0.5) is 5.69 Å². The van der Waals surface area contributed by atoms with E-state index < -0.39 is 0 Å². The highest BCUT2D eigenvalue weighted by molar-refractivity contribution is 5.98. The molecule has 0 radical (unpaired) electrons. The van der Waals surface area contributed by atoms with Gasteiger partial charge in [0.25, 0.3) is 0 Å². The molecule has 6 nitrogen and oxygen atoms in total. The Hall–Kier alpha value is -3.93. The van der Waals surface area contributed by atoms with Crippen LogP contribution in [0.25, 0.3) is 0 Å². The average Bonchev–Trinajstić information content (AvgIpc) is 3.45. The number of ether oxygens (including phenoxy) is 1. The quantitative estimate of drug-likeness (QED) is 0.192. The first-order valence-electron chi connectivity index (χ1n) is 15.0. The second kappa shape index (κ2) is 13.2. The van der Waals surface area contributed by atoms with E-state index in [4.69, 9.17) is 9.72 Å². The van der Waals surface area contributed by atoms with Gasteiger partial charge in [0.2, 0.25) is 5.91 Å². The fraction of sp³-hybridized carbons (Fsp3) is 0.400. The molecule has 1 atom stereocenters. The fourth-order valence-electron chi connectivity index (χ4n) is 5.51. The molecule has 6 heteroatoms. The summed E-state index contributed by atoms with van der Waals surface area (Å²) >= 11 is 0. The molecule has 2 aromatic carbocycles. The molecule has 0 spiro atoms. The van der Waals surface area contributed by atoms with Crippen LogP contribution in [-0.4, -0.2) is 20.7 Å². The first-order valence-corrected chi connectivity index (χ1v) is 15.0. The Morgan fingerprint density at radius 2 is 1.83 bits per heavy atom. The van der Waals surface area contributed by atoms with Crippen LogP contribution in [0.1, 0.15) is 86.7 Å². The number of benzene rings is 2. The second-order valence-electron chi connectivity index (χ2n) is 11.9. The van der Waals surface area contributed by atoms with E-state index in [1.54, 1.807) is 0 Å². The molecule has 1 unspecified atom stereocenters. The van der Waals surface area contributed by atoms with Crippen LogP contribution in [0.3, 0.4) is 0 Å². The number of nitrogens with zero attached hydrogens (tertiary/aromatic N) is 4. The van der Waals surface area contributed by atoms with Crippen molar-refractivity contribution in [3.05, 3.63) is 107 Å². The Labute approximate surface area is 244 Å². The van der Waals surface area contributed by atoms with E-state index >= 15 is 0 Å². The minimum Gasteiger partial charge on any atom is -0.489 e. The van der Waals surface area contributed by atoms with Gasteiger partial charge in [0, 0.05) is 24.0 Å². The van der Waals surface area contributed by atoms with Crippen LogP contribution in [-0.2, 0) is 30.9 Å². The summed E-state index contributed by atoms with van der Waals surface area (Å²) in [6.45, 7) is 10.5. The number of amides is 1. The maximum Gasteiger partial charge on any atom is 0.234 e. The van der Waals surface area contributed by atoms with E-state index in [9.17, 15) is 4.79 Å². The molecule has 2 aromatic heterocycles. The van der Waals surface area contributed by atoms with Gasteiger partial charge < -0.3 is 9.64 Å². The number of carbonyl (C=O) groups excluding carboxylic acids is 1. The van der Waals surface area contributed by atoms with Crippen molar-refractivity contribution >= 4 is 11.6 Å². The standard InChI is InChI=1S/C35H42N4O2/c1-25(2)18-19-38-22-28(20-37-38)23-39(29-16-17-33(26(3)4)36-21-29)35(40)32-14-8-13-31-30(32)12-9-15-34(31)41-24-27-10-6-5-7-11-27/h5-7,9-12,15-17,20-22,25-26,32H,8,13-14,18-19,23-24H2,1-4H3. The van der Waals surface area contributed by atoms with Gasteiger partial charge in [-0.25, -0.2) is 0 Å². The van der Waals surface area contributed by atoms with E-state index in [-0.39, 0.29) is 11.8 Å². The Morgan fingerprint density at radius 1 is 1.00 bits per heavy atom. The third-order valence-corrected chi connectivity index (χ3v) is 7.90. The summed E-state index contributed by atoms with van der Waals surface area (Å²) in [5.74, 6) is 1.68. The number of pyridine rings is 1. The lowest BCUT2D eigenvalue weighted by Crippen LogP contribution is -2.36. The Balaban J connectivity index is 1.42. The van der Waals surface area contributed by atoms with Crippen molar-refractivity contribution in [3.63, 3.8) is 0 Å². The highest BCUT2D eigenvalue weighted by atomic mass is 16.5. The monoisotopic (exact) mass is 550 g/mol. The number of aryl methyl sites for hydroxylation is 1. The Bertz CT molecular complexity index is 1430. The smallest absolute Gasteiger partial charge is 0.234 e. The van der Waals surface area contributed by atoms with Crippen LogP contribution < -0.4 is 9.64 Å². The molecule has 5 rings (SSSR count). The van der Waals surface area contributed by atoms with Gasteiger partial charge >= 0.3 is 0 Å². The summed E-state index contributed by atoms with van der Waals surface area (Å²) in [5.41, 5.74) is 6.22. The van der Waals surface area contributed by atoms with Crippen molar-refractivity contribution in [2.45, 2.75) is 84.9 Å². The van der Waals surface area contributed by atoms with Crippen molar-refractivity contribution in [2.75, 3.05) is 4.90 Å². The van der Waals surface area contributed by atoms with Crippen molar-refractivity contribution in [1.82, 2.24) is 14.8 Å². The second-order valence-corrected chi connectivity index (χ2v) is 11.9. The van der Waals surface area contributed by atoms with Gasteiger partial charge in [-0.2, -0.15) is 5.10 Å². The van der Waals surface area contributed by atoms with Gasteiger partial charge in [-0.05, 0) is 72.4 Å². The van der Waals surface area contributed by atoms with Crippen molar-refractivity contribution in [2.24, 2.45) is 5.92 Å². The van der Waals surface area contributed by atoms with Gasteiger partial charge in [0.05, 0.1) is 30.5 Å². The maximum atomic E-state index is 14.4. The number of fused-ring (bicyclic) bond motifs is 1. The predicted octanol–water partition coefficient (Wildman–Crippen LogP) is 7.68. The summed E-state index contributed by atoms with van der Waals surface area (Å²) in [6.07, 6.45) is 9.55. The van der Waals surface area contributed by atoms with E-state index in [0.717, 1.165) is 71.6 Å². The predicted molar refractivity (Wildman–Crippen MR) is 164 cm³/mol. The first kappa shape index (κ1) is 28.6. The number of carbonyl (C=O) groups is 1. The molecule has 0 bridgehead atoms. The van der Waals surface area contributed by atoms with E-state index in [0.29, 0.717) is 25.0 Å². The average molecular weight is 551 g/mol. The topological polar surface area (TPSA) is 60.2 Å². The van der Waals surface area contributed by atoms with Crippen LogP contribution in [0.5, 0.6) is 5.75 Å². The SMILES string of the molecule is CC(C)CCn1cc(CN(C(=O)C2CCCc3c(OCc4ccccc4)cccc32)c2ccc(C(C)C)nc2)cn1. The van der Waals surface area contributed by atoms with Crippen LogP contribution in [0, 0.1) is 5.92 Å². The molecule has 214 valence electrons. The van der Waals surface area contributed by atoms with Crippen molar-refractivity contribution in [3.8, 4) is 5.75 Å². The zero-order chi connectivity index (χ0) is 28.8. The molecule has 1 amide bonds. The zero-order valence-electron chi connectivity index (χ0n) is 24.8. The minimum atomic E-state index is -0.236. The lowest BCUT2D eigenvalue weighted by molar-refractivity contribution is -0.120. The van der Waals surface area contributed by atoms with E-state index in [1.807, 2.05) is 64.4 Å². The fourth-order valence-corrected chi connectivity index (χ4v) is 5.51. The van der Waals surface area contributed by atoms with Crippen LogP contribution >= 0.6 is 0 Å². The number of aromatic nitrogens is 3. The molecule has 2 heterocycles. The van der Waals surface area contributed by atoms with Gasteiger partial charge in [-0.3, -0.25) is 14.5 Å². The summed E-state index contributed by atoms with van der Waals surface area (Å²) < 4.78 is 8.28. The highest BCUT2D eigenvalue weighted by Crippen LogP contribution is 2.39. The molecule has 41 heavy (non-hydrogen) atoms. The van der Waals surface area contributed by atoms with Gasteiger partial charge in [-0.1, -0.05) is 70.2 Å². The summed E-state index contributed by atoms with van der Waals surface area (Å²) in [5, 5.41) is 4.58. The van der Waals surface area contributed by atoms with Crippen molar-refractivity contribution < 1.29 is 9.53 Å². The molecule has 0 fully saturated rings. The normalized spacial score (nSPS) is 14.7. The lowest BCUT2D eigenvalue weighted by Gasteiger charge is -2.31. The molecule has 1 aliphatic rings. The third-order valence-electron chi connectivity index (χ3n) is 7.90. The Kier molecular flexibility index (Phi) is 9.17. The molecular formula is C35H42N4O2. The highest BCUT2D eigenvalue weighted by Gasteiger charge is 2.32. The Morgan fingerprint density at radius 3 is 2.56 bits per heavy atom. The molecule has 0 N–H and O–H groups in total. The van der Waals surface area contributed by atoms with Crippen LogP contribution in [0.2, 0.25) is 0 Å². The molecule has 4 aromatic rings. The maximum absolute atomic E-state index is 14.4. The van der Waals surface area contributed by atoms with E-state index in [2.05, 4.69) is 57.2 Å². The summed E-state index contributed by atoms with van der Waals surface area (Å²) in [4.78, 5) is 21.0. The third kappa shape index (κ3) is 7.05. The minimum absolute atomic E-state index is 0.0974. The molecular weight excluding hydrogens is 508 g/mol.